The molecule has 1 heterocycles. The average Bonchev–Trinajstić information content (AvgIpc) is 2.35. The molecule has 1 saturated heterocycles. The van der Waals surface area contributed by atoms with E-state index in [0.717, 1.165) is 32.0 Å². The first-order valence-corrected chi connectivity index (χ1v) is 6.79. The molecule has 0 spiro atoms. The molecule has 112 valence electrons. The fourth-order valence-corrected chi connectivity index (χ4v) is 2.81. The van der Waals surface area contributed by atoms with Gasteiger partial charge in [-0.25, -0.2) is 0 Å². The minimum absolute atomic E-state index is 0.0717. The quantitative estimate of drug-likeness (QED) is 0.893. The van der Waals surface area contributed by atoms with Gasteiger partial charge in [-0.2, -0.15) is 13.2 Å². The van der Waals surface area contributed by atoms with E-state index in [0.29, 0.717) is 5.69 Å². The van der Waals surface area contributed by atoms with Crippen molar-refractivity contribution in [1.82, 2.24) is 0 Å². The molecule has 0 amide bonds. The number of aliphatic hydroxyl groups is 1. The molecule has 2 nitrogen and oxygen atoms in total. The first-order valence-electron chi connectivity index (χ1n) is 6.79. The second kappa shape index (κ2) is 5.28. The van der Waals surface area contributed by atoms with Crippen LogP contribution in [0.15, 0.2) is 18.2 Å². The molecule has 0 aromatic heterocycles. The maximum atomic E-state index is 13.0. The summed E-state index contributed by atoms with van der Waals surface area (Å²) in [7, 11) is 0. The van der Waals surface area contributed by atoms with Gasteiger partial charge in [-0.1, -0.05) is 19.9 Å². The Bertz CT molecular complexity index is 482. The number of piperidine rings is 1. The molecule has 5 heteroatoms. The zero-order valence-corrected chi connectivity index (χ0v) is 11.8. The highest BCUT2D eigenvalue weighted by Gasteiger charge is 2.34. The molecule has 0 aliphatic carbocycles. The molecule has 1 aliphatic heterocycles. The largest absolute Gasteiger partial charge is 0.416 e. The summed E-state index contributed by atoms with van der Waals surface area (Å²) in [5, 5.41) is 9.05. The number of rotatable bonds is 2. The summed E-state index contributed by atoms with van der Waals surface area (Å²) in [5.41, 5.74) is -0.104. The number of hydrogen-bond acceptors (Lipinski definition) is 2. The molecule has 0 saturated carbocycles. The number of halogens is 3. The monoisotopic (exact) mass is 287 g/mol. The van der Waals surface area contributed by atoms with Crippen molar-refractivity contribution in [3.8, 4) is 0 Å². The first-order chi connectivity index (χ1) is 9.23. The summed E-state index contributed by atoms with van der Waals surface area (Å²) in [4.78, 5) is 2.00. The zero-order chi connectivity index (χ0) is 15.0. The third-order valence-corrected chi connectivity index (χ3v) is 3.83. The Labute approximate surface area is 117 Å². The van der Waals surface area contributed by atoms with Crippen LogP contribution in [-0.2, 0) is 12.8 Å². The van der Waals surface area contributed by atoms with Crippen molar-refractivity contribution in [3.63, 3.8) is 0 Å². The van der Waals surface area contributed by atoms with Gasteiger partial charge in [0.05, 0.1) is 12.2 Å². The van der Waals surface area contributed by atoms with Gasteiger partial charge in [-0.05, 0) is 36.0 Å². The predicted octanol–water partition coefficient (Wildman–Crippen LogP) is 3.82. The Balaban J connectivity index is 2.34. The molecule has 1 fully saturated rings. The van der Waals surface area contributed by atoms with Crippen LogP contribution in [0.5, 0.6) is 0 Å². The number of nitrogens with zero attached hydrogens (tertiary/aromatic N) is 1. The summed E-state index contributed by atoms with van der Waals surface area (Å²) in [6, 6.07) is 4.20. The number of benzene rings is 1. The maximum Gasteiger partial charge on any atom is 0.416 e. The summed E-state index contributed by atoms with van der Waals surface area (Å²) in [6.07, 6.45) is -2.36. The van der Waals surface area contributed by atoms with Gasteiger partial charge in [0.25, 0.3) is 0 Å². The molecule has 0 bridgehead atoms. The summed E-state index contributed by atoms with van der Waals surface area (Å²) in [5.74, 6) is 0. The van der Waals surface area contributed by atoms with Crippen LogP contribution in [-0.4, -0.2) is 18.2 Å². The molecule has 2 rings (SSSR count). The number of anilines is 1. The van der Waals surface area contributed by atoms with E-state index in [-0.39, 0.29) is 11.0 Å². The standard InChI is InChI=1S/C15H20F3NO/c1-14(2)6-3-7-19(10-14)12-5-4-11(9-20)13(8-12)15(16,17)18/h4-5,8,20H,3,6-7,9-10H2,1-2H3. The lowest BCUT2D eigenvalue weighted by Gasteiger charge is -2.39. The van der Waals surface area contributed by atoms with E-state index in [2.05, 4.69) is 13.8 Å². The second-order valence-corrected chi connectivity index (χ2v) is 6.19. The molecular formula is C15H20F3NO. The topological polar surface area (TPSA) is 23.5 Å². The second-order valence-electron chi connectivity index (χ2n) is 6.19. The van der Waals surface area contributed by atoms with E-state index < -0.39 is 18.3 Å². The van der Waals surface area contributed by atoms with Crippen LogP contribution in [0.1, 0.15) is 37.8 Å². The van der Waals surface area contributed by atoms with Gasteiger partial charge in [0.15, 0.2) is 0 Å². The SMILES string of the molecule is CC1(C)CCCN(c2ccc(CO)c(C(F)(F)F)c2)C1. The summed E-state index contributed by atoms with van der Waals surface area (Å²) < 4.78 is 39.0. The summed E-state index contributed by atoms with van der Waals surface area (Å²) >= 11 is 0. The van der Waals surface area contributed by atoms with Crippen molar-refractivity contribution in [3.05, 3.63) is 29.3 Å². The summed E-state index contributed by atoms with van der Waals surface area (Å²) in [6.45, 7) is 5.19. The van der Waals surface area contributed by atoms with Gasteiger partial charge in [0.2, 0.25) is 0 Å². The molecule has 1 aromatic rings. The van der Waals surface area contributed by atoms with E-state index in [1.807, 2.05) is 4.90 Å². The smallest absolute Gasteiger partial charge is 0.392 e. The van der Waals surface area contributed by atoms with Gasteiger partial charge in [-0.3, -0.25) is 0 Å². The minimum Gasteiger partial charge on any atom is -0.392 e. The fourth-order valence-electron chi connectivity index (χ4n) is 2.81. The van der Waals surface area contributed by atoms with Gasteiger partial charge in [-0.15, -0.1) is 0 Å². The molecule has 0 radical (unpaired) electrons. The van der Waals surface area contributed by atoms with Crippen molar-refractivity contribution < 1.29 is 18.3 Å². The van der Waals surface area contributed by atoms with Crippen molar-refractivity contribution >= 4 is 5.69 Å². The molecule has 0 unspecified atom stereocenters. The average molecular weight is 287 g/mol. The van der Waals surface area contributed by atoms with Gasteiger partial charge in [0, 0.05) is 18.8 Å². The molecule has 20 heavy (non-hydrogen) atoms. The van der Waals surface area contributed by atoms with Crippen molar-refractivity contribution in [2.75, 3.05) is 18.0 Å². The molecule has 1 N–H and O–H groups in total. The minimum atomic E-state index is -4.43. The van der Waals surface area contributed by atoms with Crippen molar-refractivity contribution in [2.24, 2.45) is 5.41 Å². The van der Waals surface area contributed by atoms with Crippen LogP contribution in [0, 0.1) is 5.41 Å². The highest BCUT2D eigenvalue weighted by molar-refractivity contribution is 5.52. The van der Waals surface area contributed by atoms with E-state index in [4.69, 9.17) is 5.11 Å². The molecular weight excluding hydrogens is 267 g/mol. The maximum absolute atomic E-state index is 13.0. The lowest BCUT2D eigenvalue weighted by molar-refractivity contribution is -0.138. The Hall–Kier alpha value is -1.23. The van der Waals surface area contributed by atoms with Crippen LogP contribution < -0.4 is 4.90 Å². The van der Waals surface area contributed by atoms with Crippen LogP contribution in [0.4, 0.5) is 18.9 Å². The van der Waals surface area contributed by atoms with Gasteiger partial charge >= 0.3 is 6.18 Å². The fraction of sp³-hybridized carbons (Fsp3) is 0.600. The van der Waals surface area contributed by atoms with Crippen LogP contribution >= 0.6 is 0 Å². The van der Waals surface area contributed by atoms with E-state index >= 15 is 0 Å². The molecule has 0 atom stereocenters. The molecule has 1 aliphatic rings. The predicted molar refractivity (Wildman–Crippen MR) is 72.6 cm³/mol. The first kappa shape index (κ1) is 15.2. The zero-order valence-electron chi connectivity index (χ0n) is 11.8. The lowest BCUT2D eigenvalue weighted by atomic mass is 9.84. The Morgan fingerprint density at radius 1 is 1.30 bits per heavy atom. The van der Waals surface area contributed by atoms with Crippen LogP contribution in [0.2, 0.25) is 0 Å². The molecule has 1 aromatic carbocycles. The van der Waals surface area contributed by atoms with Crippen LogP contribution in [0.25, 0.3) is 0 Å². The van der Waals surface area contributed by atoms with Crippen molar-refractivity contribution in [1.29, 1.82) is 0 Å². The Morgan fingerprint density at radius 3 is 2.55 bits per heavy atom. The van der Waals surface area contributed by atoms with Gasteiger partial charge in [0.1, 0.15) is 0 Å². The third kappa shape index (κ3) is 3.26. The highest BCUT2D eigenvalue weighted by Crippen LogP contribution is 2.37. The number of alkyl halides is 3. The highest BCUT2D eigenvalue weighted by atomic mass is 19.4. The van der Waals surface area contributed by atoms with E-state index in [1.54, 1.807) is 6.07 Å². The van der Waals surface area contributed by atoms with E-state index in [9.17, 15) is 13.2 Å². The van der Waals surface area contributed by atoms with Crippen LogP contribution in [0.3, 0.4) is 0 Å². The normalized spacial score (nSPS) is 19.2. The third-order valence-electron chi connectivity index (χ3n) is 3.83. The number of hydrogen-bond donors (Lipinski definition) is 1. The lowest BCUT2D eigenvalue weighted by Crippen LogP contribution is -2.40. The Kier molecular flexibility index (Phi) is 4.00. The number of aliphatic hydroxyl groups excluding tert-OH is 1. The van der Waals surface area contributed by atoms with Crippen molar-refractivity contribution in [2.45, 2.75) is 39.5 Å². The van der Waals surface area contributed by atoms with Gasteiger partial charge < -0.3 is 10.0 Å². The van der Waals surface area contributed by atoms with E-state index in [1.165, 1.54) is 6.07 Å². The Morgan fingerprint density at radius 2 is 2.00 bits per heavy atom.